The van der Waals surface area contributed by atoms with Gasteiger partial charge in [0.25, 0.3) is 11.1 Å². The average molecular weight is 412 g/mol. The van der Waals surface area contributed by atoms with E-state index in [1.54, 1.807) is 6.08 Å². The molecule has 0 atom stereocenters. The Morgan fingerprint density at radius 2 is 1.64 bits per heavy atom. The van der Waals surface area contributed by atoms with Crippen LogP contribution in [0, 0.1) is 0 Å². The molecule has 1 fully saturated rings. The molecule has 2 aromatic rings. The third-order valence-corrected chi connectivity index (χ3v) is 4.91. The van der Waals surface area contributed by atoms with E-state index in [4.69, 9.17) is 0 Å². The fraction of sp³-hybridized carbons (Fsp3) is 0. The predicted molar refractivity (Wildman–Crippen MR) is 108 cm³/mol. The summed E-state index contributed by atoms with van der Waals surface area (Å²) in [6.45, 7) is 4.08. The van der Waals surface area contributed by atoms with E-state index in [0.717, 1.165) is 38.5 Å². The first-order chi connectivity index (χ1) is 12.0. The predicted octanol–water partition coefficient (Wildman–Crippen LogP) is 5.50. The maximum absolute atomic E-state index is 11.5. The summed E-state index contributed by atoms with van der Waals surface area (Å²) in [4.78, 5) is 23.1. The molecule has 1 saturated heterocycles. The van der Waals surface area contributed by atoms with Crippen LogP contribution in [0.3, 0.4) is 0 Å². The molecule has 3 rings (SSSR count). The smallest absolute Gasteiger partial charge is 0.282 e. The molecule has 0 aromatic heterocycles. The highest BCUT2D eigenvalue weighted by Crippen LogP contribution is 2.25. The number of carbonyl (C=O) groups is 2. The highest BCUT2D eigenvalue weighted by Gasteiger charge is 2.24. The van der Waals surface area contributed by atoms with Gasteiger partial charge < -0.3 is 0 Å². The quantitative estimate of drug-likeness (QED) is 0.533. The number of nitrogens with one attached hydrogen (secondary N) is 1. The van der Waals surface area contributed by atoms with E-state index in [1.807, 2.05) is 60.7 Å². The molecule has 0 spiro atoms. The molecule has 1 N–H and O–H groups in total. The van der Waals surface area contributed by atoms with Crippen molar-refractivity contribution < 1.29 is 9.59 Å². The SMILES string of the molecule is C=C(/C=C/c1ccc(/C=C2\SC(=O)NC2=O)cc1)c1ccc(Br)cc1. The van der Waals surface area contributed by atoms with E-state index in [2.05, 4.69) is 27.8 Å². The van der Waals surface area contributed by atoms with Gasteiger partial charge in [-0.05, 0) is 52.2 Å². The molecule has 0 unspecified atom stereocenters. The van der Waals surface area contributed by atoms with Crippen molar-refractivity contribution in [1.82, 2.24) is 5.32 Å². The Morgan fingerprint density at radius 1 is 1.00 bits per heavy atom. The molecule has 2 aromatic carbocycles. The first kappa shape index (κ1) is 17.5. The lowest BCUT2D eigenvalue weighted by molar-refractivity contribution is -0.115. The lowest BCUT2D eigenvalue weighted by Gasteiger charge is -2.01. The fourth-order valence-electron chi connectivity index (χ4n) is 2.23. The van der Waals surface area contributed by atoms with Gasteiger partial charge in [0.05, 0.1) is 4.91 Å². The van der Waals surface area contributed by atoms with Crippen LogP contribution in [0.25, 0.3) is 17.7 Å². The van der Waals surface area contributed by atoms with Crippen LogP contribution in [0.5, 0.6) is 0 Å². The van der Waals surface area contributed by atoms with Crippen molar-refractivity contribution in [2.24, 2.45) is 0 Å². The summed E-state index contributed by atoms with van der Waals surface area (Å²) in [6.07, 6.45) is 5.66. The van der Waals surface area contributed by atoms with Crippen LogP contribution < -0.4 is 5.32 Å². The zero-order chi connectivity index (χ0) is 17.8. The Balaban J connectivity index is 1.69. The normalized spacial score (nSPS) is 15.8. The summed E-state index contributed by atoms with van der Waals surface area (Å²) in [5, 5.41) is 1.91. The average Bonchev–Trinajstić information content (AvgIpc) is 2.92. The second kappa shape index (κ2) is 7.68. The summed E-state index contributed by atoms with van der Waals surface area (Å²) in [6, 6.07) is 15.7. The largest absolute Gasteiger partial charge is 0.290 e. The monoisotopic (exact) mass is 411 g/mol. The minimum absolute atomic E-state index is 0.331. The molecule has 5 heteroatoms. The van der Waals surface area contributed by atoms with E-state index in [1.165, 1.54) is 0 Å². The van der Waals surface area contributed by atoms with Gasteiger partial charge in [0.2, 0.25) is 0 Å². The minimum atomic E-state index is -0.343. The van der Waals surface area contributed by atoms with Crippen LogP contribution in [0.2, 0.25) is 0 Å². The number of hydrogen-bond acceptors (Lipinski definition) is 3. The van der Waals surface area contributed by atoms with Crippen LogP contribution in [0.15, 0.2) is 70.6 Å². The lowest BCUT2D eigenvalue weighted by atomic mass is 10.1. The number of carbonyl (C=O) groups excluding carboxylic acids is 2. The molecule has 0 aliphatic carbocycles. The number of amides is 2. The number of rotatable bonds is 4. The summed E-state index contributed by atoms with van der Waals surface area (Å²) < 4.78 is 1.04. The first-order valence-corrected chi connectivity index (χ1v) is 9.10. The van der Waals surface area contributed by atoms with Gasteiger partial charge in [-0.25, -0.2) is 0 Å². The van der Waals surface area contributed by atoms with Gasteiger partial charge in [-0.1, -0.05) is 71.1 Å². The van der Waals surface area contributed by atoms with E-state index in [9.17, 15) is 9.59 Å². The van der Waals surface area contributed by atoms with Gasteiger partial charge in [0.1, 0.15) is 0 Å². The molecule has 1 aliphatic rings. The molecular formula is C20H14BrNO2S. The van der Waals surface area contributed by atoms with Gasteiger partial charge in [0.15, 0.2) is 0 Å². The van der Waals surface area contributed by atoms with Crippen LogP contribution in [0.4, 0.5) is 4.79 Å². The Kier molecular flexibility index (Phi) is 5.36. The summed E-state index contributed by atoms with van der Waals surface area (Å²) >= 11 is 4.34. The van der Waals surface area contributed by atoms with Gasteiger partial charge in [0, 0.05) is 4.47 Å². The molecule has 1 heterocycles. The van der Waals surface area contributed by atoms with Gasteiger partial charge in [-0.15, -0.1) is 0 Å². The Hall–Kier alpha value is -2.37. The van der Waals surface area contributed by atoms with Crippen molar-refractivity contribution in [2.75, 3.05) is 0 Å². The van der Waals surface area contributed by atoms with E-state index in [-0.39, 0.29) is 11.1 Å². The number of thioether (sulfide) groups is 1. The Morgan fingerprint density at radius 3 is 2.24 bits per heavy atom. The second-order valence-electron chi connectivity index (χ2n) is 5.38. The van der Waals surface area contributed by atoms with Gasteiger partial charge >= 0.3 is 0 Å². The molecule has 0 saturated carbocycles. The number of imide groups is 1. The van der Waals surface area contributed by atoms with Gasteiger partial charge in [-0.2, -0.15) is 0 Å². The van der Waals surface area contributed by atoms with Crippen molar-refractivity contribution in [2.45, 2.75) is 0 Å². The molecule has 2 amide bonds. The van der Waals surface area contributed by atoms with E-state index in [0.29, 0.717) is 4.91 Å². The minimum Gasteiger partial charge on any atom is -0.282 e. The summed E-state index contributed by atoms with van der Waals surface area (Å²) in [7, 11) is 0. The Labute approximate surface area is 158 Å². The van der Waals surface area contributed by atoms with Crippen LogP contribution in [-0.4, -0.2) is 11.1 Å². The third kappa shape index (κ3) is 4.59. The molecule has 0 bridgehead atoms. The van der Waals surface area contributed by atoms with E-state index >= 15 is 0 Å². The van der Waals surface area contributed by atoms with Crippen molar-refractivity contribution >= 4 is 56.6 Å². The van der Waals surface area contributed by atoms with Crippen molar-refractivity contribution in [1.29, 1.82) is 0 Å². The third-order valence-electron chi connectivity index (χ3n) is 3.57. The van der Waals surface area contributed by atoms with Crippen LogP contribution in [-0.2, 0) is 4.79 Å². The topological polar surface area (TPSA) is 46.2 Å². The summed E-state index contributed by atoms with van der Waals surface area (Å²) in [5.74, 6) is -0.343. The van der Waals surface area contributed by atoms with Gasteiger partial charge in [-0.3, -0.25) is 14.9 Å². The fourth-order valence-corrected chi connectivity index (χ4v) is 3.18. The molecule has 1 aliphatic heterocycles. The maximum atomic E-state index is 11.5. The van der Waals surface area contributed by atoms with E-state index < -0.39 is 0 Å². The van der Waals surface area contributed by atoms with Crippen LogP contribution >= 0.6 is 27.7 Å². The highest BCUT2D eigenvalue weighted by atomic mass is 79.9. The maximum Gasteiger partial charge on any atom is 0.290 e. The zero-order valence-electron chi connectivity index (χ0n) is 13.2. The number of hydrogen-bond donors (Lipinski definition) is 1. The van der Waals surface area contributed by atoms with Crippen molar-refractivity contribution in [3.05, 3.63) is 87.3 Å². The molecule has 124 valence electrons. The molecule has 25 heavy (non-hydrogen) atoms. The van der Waals surface area contributed by atoms with Crippen molar-refractivity contribution in [3.63, 3.8) is 0 Å². The molecule has 3 nitrogen and oxygen atoms in total. The zero-order valence-corrected chi connectivity index (χ0v) is 15.6. The Bertz CT molecular complexity index is 896. The molecular weight excluding hydrogens is 398 g/mol. The lowest BCUT2D eigenvalue weighted by Crippen LogP contribution is -2.17. The molecule has 0 radical (unpaired) electrons. The number of halogens is 1. The van der Waals surface area contributed by atoms with Crippen LogP contribution in [0.1, 0.15) is 16.7 Å². The number of benzene rings is 2. The highest BCUT2D eigenvalue weighted by molar-refractivity contribution is 9.10. The standard InChI is InChI=1S/C20H14BrNO2S/c1-13(16-8-10-17(21)11-9-16)2-3-14-4-6-15(7-5-14)12-18-19(23)22-20(24)25-18/h2-12H,1H2,(H,22,23,24)/b3-2+,18-12-. The number of allylic oxidation sites excluding steroid dienone is 2. The summed E-state index contributed by atoms with van der Waals surface area (Å²) in [5.41, 5.74) is 3.89. The first-order valence-electron chi connectivity index (χ1n) is 7.49. The van der Waals surface area contributed by atoms with Crippen molar-refractivity contribution in [3.8, 4) is 0 Å². The second-order valence-corrected chi connectivity index (χ2v) is 7.31.